The molecule has 5 atom stereocenters. The Morgan fingerprint density at radius 1 is 1.15 bits per heavy atom. The number of amidine groups is 1. The molecule has 4 N–H and O–H groups in total. The van der Waals surface area contributed by atoms with Gasteiger partial charge in [-0.2, -0.15) is 13.2 Å². The van der Waals surface area contributed by atoms with Gasteiger partial charge in [0.25, 0.3) is 5.91 Å². The number of amides is 3. The Kier molecular flexibility index (Phi) is 13.5. The molecule has 0 bridgehead atoms. The van der Waals surface area contributed by atoms with E-state index in [1.54, 1.807) is 26.0 Å². The number of allylic oxidation sites excluding steroid dienone is 1. The molecule has 0 radical (unpaired) electrons. The van der Waals surface area contributed by atoms with E-state index in [1.165, 1.54) is 19.4 Å². The highest BCUT2D eigenvalue weighted by Crippen LogP contribution is 2.48. The van der Waals surface area contributed by atoms with Gasteiger partial charge >= 0.3 is 6.18 Å². The molecule has 1 saturated heterocycles. The molecule has 2 aromatic rings. The molecule has 0 spiro atoms. The number of ether oxygens (including phenoxy) is 2. The fourth-order valence-electron chi connectivity index (χ4n) is 7.17. The number of rotatable bonds is 18. The van der Waals surface area contributed by atoms with Crippen molar-refractivity contribution in [2.75, 3.05) is 20.3 Å². The summed E-state index contributed by atoms with van der Waals surface area (Å²) in [7, 11) is -3.18. The van der Waals surface area contributed by atoms with Crippen LogP contribution in [0, 0.1) is 29.0 Å². The van der Waals surface area contributed by atoms with Crippen LogP contribution in [0.2, 0.25) is 0 Å². The minimum absolute atomic E-state index is 0.0130. The Morgan fingerprint density at radius 3 is 2.42 bits per heavy atom. The van der Waals surface area contributed by atoms with E-state index in [0.29, 0.717) is 17.7 Å². The van der Waals surface area contributed by atoms with Crippen LogP contribution in [-0.2, 0) is 24.4 Å². The van der Waals surface area contributed by atoms with Crippen molar-refractivity contribution in [1.29, 1.82) is 0 Å². The number of halogens is 5. The lowest BCUT2D eigenvalue weighted by Crippen LogP contribution is -2.58. The molecular weight excluding hydrogens is 816 g/mol. The zero-order valence-corrected chi connectivity index (χ0v) is 35.7. The molecule has 2 saturated carbocycles. The fourth-order valence-corrected chi connectivity index (χ4v) is 8.60. The Bertz CT molecular complexity index is 2130. The van der Waals surface area contributed by atoms with E-state index in [2.05, 4.69) is 29.1 Å². The van der Waals surface area contributed by atoms with Crippen molar-refractivity contribution in [3.63, 3.8) is 0 Å². The number of unbranched alkanes of at least 4 members (excludes halogenated alkanes) is 1. The number of hydrogen-bond acceptors (Lipinski definition) is 9. The lowest BCUT2D eigenvalue weighted by atomic mass is 9.90. The summed E-state index contributed by atoms with van der Waals surface area (Å²) in [5, 5.41) is 3.44. The van der Waals surface area contributed by atoms with Gasteiger partial charge in [-0.15, -0.1) is 0 Å². The van der Waals surface area contributed by atoms with Gasteiger partial charge in [-0.25, -0.2) is 22.2 Å². The van der Waals surface area contributed by atoms with Crippen LogP contribution in [0.3, 0.4) is 0 Å². The van der Waals surface area contributed by atoms with E-state index in [-0.39, 0.29) is 49.2 Å². The average molecular weight is 871 g/mol. The summed E-state index contributed by atoms with van der Waals surface area (Å²) in [5.74, 6) is -5.40. The smallest absolute Gasteiger partial charge is 0.400 e. The molecule has 19 heteroatoms. The predicted molar refractivity (Wildman–Crippen MR) is 215 cm³/mol. The van der Waals surface area contributed by atoms with Crippen molar-refractivity contribution in [3.05, 3.63) is 42.4 Å². The van der Waals surface area contributed by atoms with E-state index < -0.39 is 98.0 Å². The molecule has 0 unspecified atom stereocenters. The number of benzene rings is 1. The number of nitrogens with two attached hydrogens (primary N) is 1. The van der Waals surface area contributed by atoms with Crippen molar-refractivity contribution in [2.24, 2.45) is 33.9 Å². The maximum absolute atomic E-state index is 14.9. The normalized spacial score (nSPS) is 23.6. The molecule has 60 heavy (non-hydrogen) atoms. The topological polar surface area (TPSA) is 182 Å². The van der Waals surface area contributed by atoms with Gasteiger partial charge in [-0.05, 0) is 81.4 Å². The highest BCUT2D eigenvalue weighted by molar-refractivity contribution is 7.91. The average Bonchev–Trinajstić information content (AvgIpc) is 4.07. The van der Waals surface area contributed by atoms with Gasteiger partial charge in [-0.1, -0.05) is 46.3 Å². The summed E-state index contributed by atoms with van der Waals surface area (Å²) in [5.41, 5.74) is 1.50. The third-order valence-corrected chi connectivity index (χ3v) is 13.9. The first kappa shape index (κ1) is 46.5. The zero-order valence-electron chi connectivity index (χ0n) is 34.9. The molecule has 13 nitrogen and oxygen atoms in total. The lowest BCUT2D eigenvalue weighted by Gasteiger charge is -2.31. The van der Waals surface area contributed by atoms with Crippen LogP contribution in [-0.4, -0.2) is 96.8 Å². The largest absolute Gasteiger partial charge is 0.494 e. The Morgan fingerprint density at radius 2 is 1.83 bits per heavy atom. The van der Waals surface area contributed by atoms with Gasteiger partial charge in [0.2, 0.25) is 27.7 Å². The summed E-state index contributed by atoms with van der Waals surface area (Å²) in [6.07, 6.45) is 1.36. The van der Waals surface area contributed by atoms with Crippen LogP contribution in [0.5, 0.6) is 11.6 Å². The minimum Gasteiger partial charge on any atom is -0.494 e. The monoisotopic (exact) mass is 870 g/mol. The van der Waals surface area contributed by atoms with Crippen LogP contribution in [0.4, 0.5) is 22.0 Å². The zero-order chi connectivity index (χ0) is 44.6. The molecule has 332 valence electrons. The van der Waals surface area contributed by atoms with Gasteiger partial charge in [0.05, 0.1) is 13.7 Å². The molecule has 5 rings (SSSR count). The van der Waals surface area contributed by atoms with Gasteiger partial charge < -0.3 is 25.4 Å². The highest BCUT2D eigenvalue weighted by atomic mass is 32.2. The van der Waals surface area contributed by atoms with Crippen molar-refractivity contribution in [2.45, 2.75) is 121 Å². The summed E-state index contributed by atoms with van der Waals surface area (Å²) in [6.45, 7) is 7.39. The van der Waals surface area contributed by atoms with Crippen LogP contribution < -0.4 is 25.2 Å². The molecule has 1 aromatic carbocycles. The second kappa shape index (κ2) is 17.4. The highest BCUT2D eigenvalue weighted by Gasteiger charge is 2.64. The molecule has 2 aliphatic carbocycles. The van der Waals surface area contributed by atoms with Gasteiger partial charge in [0, 0.05) is 23.9 Å². The van der Waals surface area contributed by atoms with E-state index >= 15 is 0 Å². The number of alkyl halides is 4. The van der Waals surface area contributed by atoms with E-state index in [0.717, 1.165) is 37.7 Å². The molecule has 3 fully saturated rings. The molecule has 1 aliphatic heterocycles. The van der Waals surface area contributed by atoms with Gasteiger partial charge in [0.15, 0.2) is 11.6 Å². The standard InChI is InChI=1S/C41H55F5N6O7S/c1-23(2)11-9-8-10-12-26-20-40(26,37(55)51-60(56,57)39(22-42)14-15-39)50-33(53)30-18-27(59-34-28-19-29(43)31(58-7)17-25(28)13-16-48-34)21-52(30)35(54)32(24(3)4)49-36(47)38(5,6)41(44,45)46/h10,12-13,16-17,19,23-24,26-27,30,32H,8-9,11,14-15,18,20-22H2,1-7H3,(H2,47,49)(H,50,53)(H,51,55)/b12-10-/t26-,27-,30+,32+,40-/m1/s1. The SMILES string of the molecule is COc1cc2ccnc(O[C@@H]3C[C@@H](C(=O)N[C@]4(C(=O)NS(=O)(=O)C5(CF)CC5)C[C@H]4/C=C\CCCC(C)C)N(C(=O)[C@@H](N=C(N)C(C)(C)C(F)(F)F)C(C)C)C3)c2cc1F. The molecule has 3 amide bonds. The number of carbonyl (C=O) groups is 3. The first-order valence-electron chi connectivity index (χ1n) is 20.0. The second-order valence-electron chi connectivity index (χ2n) is 17.4. The van der Waals surface area contributed by atoms with Crippen molar-refractivity contribution >= 4 is 44.4 Å². The predicted octanol–water partition coefficient (Wildman–Crippen LogP) is 5.91. The minimum atomic E-state index is -4.81. The van der Waals surface area contributed by atoms with Gasteiger partial charge in [-0.3, -0.25) is 24.1 Å². The van der Waals surface area contributed by atoms with Crippen molar-refractivity contribution in [3.8, 4) is 11.6 Å². The van der Waals surface area contributed by atoms with Crippen LogP contribution >= 0.6 is 0 Å². The first-order chi connectivity index (χ1) is 27.9. The number of pyridine rings is 1. The first-order valence-corrected chi connectivity index (χ1v) is 21.5. The summed E-state index contributed by atoms with van der Waals surface area (Å²) in [4.78, 5) is 52.3. The van der Waals surface area contributed by atoms with E-state index in [4.69, 9.17) is 15.2 Å². The third kappa shape index (κ3) is 9.49. The summed E-state index contributed by atoms with van der Waals surface area (Å²) < 4.78 is 109. The quantitative estimate of drug-likeness (QED) is 0.0540. The summed E-state index contributed by atoms with van der Waals surface area (Å²) >= 11 is 0. The van der Waals surface area contributed by atoms with E-state index in [9.17, 15) is 44.8 Å². The maximum Gasteiger partial charge on any atom is 0.400 e. The molecule has 3 aliphatic rings. The van der Waals surface area contributed by atoms with Crippen LogP contribution in [0.15, 0.2) is 41.5 Å². The number of methoxy groups -OCH3 is 1. The van der Waals surface area contributed by atoms with Crippen LogP contribution in [0.25, 0.3) is 10.8 Å². The summed E-state index contributed by atoms with van der Waals surface area (Å²) in [6, 6.07) is 1.25. The van der Waals surface area contributed by atoms with Crippen LogP contribution in [0.1, 0.15) is 86.5 Å². The molecular formula is C41H55F5N6O7S. The number of carbonyl (C=O) groups excluding carboxylic acids is 3. The lowest BCUT2D eigenvalue weighted by molar-refractivity contribution is -0.186. The number of sulfonamides is 1. The fraction of sp³-hybridized carbons (Fsp3) is 0.634. The third-order valence-electron chi connectivity index (χ3n) is 11.8. The van der Waals surface area contributed by atoms with E-state index in [1.807, 2.05) is 10.8 Å². The van der Waals surface area contributed by atoms with Gasteiger partial charge in [0.1, 0.15) is 46.4 Å². The number of fused-ring (bicyclic) bond motifs is 1. The number of aromatic nitrogens is 1. The second-order valence-corrected chi connectivity index (χ2v) is 19.5. The number of aliphatic imine (C=N–C) groups is 1. The molecule has 1 aromatic heterocycles. The number of nitrogens with one attached hydrogen (secondary N) is 2. The van der Waals surface area contributed by atoms with Crippen molar-refractivity contribution < 1.29 is 54.2 Å². The maximum atomic E-state index is 14.9. The molecule has 2 heterocycles. The number of likely N-dealkylation sites (tertiary alicyclic amines) is 1. The number of hydrogen-bond donors (Lipinski definition) is 3. The van der Waals surface area contributed by atoms with Crippen molar-refractivity contribution in [1.82, 2.24) is 19.9 Å². The Balaban J connectivity index is 1.50. The Hall–Kier alpha value is -4.55. The number of nitrogens with zero attached hydrogens (tertiary/aromatic N) is 3. The Labute approximate surface area is 347 Å².